The molecular formula is C13H10BrNO3. The number of nitrogens with zero attached hydrogens (tertiary/aromatic N) is 1. The van der Waals surface area contributed by atoms with Gasteiger partial charge in [0.15, 0.2) is 11.5 Å². The Morgan fingerprint density at radius 3 is 3.00 bits per heavy atom. The van der Waals surface area contributed by atoms with Gasteiger partial charge in [-0.1, -0.05) is 22.0 Å². The number of pyridine rings is 1. The van der Waals surface area contributed by atoms with Crippen LogP contribution in [0.25, 0.3) is 0 Å². The van der Waals surface area contributed by atoms with Crippen molar-refractivity contribution in [3.8, 4) is 23.1 Å². The lowest BCUT2D eigenvalue weighted by atomic mass is 10.3. The summed E-state index contributed by atoms with van der Waals surface area (Å²) in [6.45, 7) is 0.259. The van der Waals surface area contributed by atoms with E-state index in [-0.39, 0.29) is 6.79 Å². The van der Waals surface area contributed by atoms with E-state index in [9.17, 15) is 0 Å². The first-order valence-corrected chi connectivity index (χ1v) is 6.56. The second-order valence-corrected chi connectivity index (χ2v) is 4.28. The number of benzene rings is 1. The first kappa shape index (κ1) is 11.3. The Hall–Kier alpha value is -1.75. The molecule has 1 aromatic carbocycles. The van der Waals surface area contributed by atoms with Crippen molar-refractivity contribution >= 4 is 15.9 Å². The van der Waals surface area contributed by atoms with Gasteiger partial charge in [-0.25, -0.2) is 4.98 Å². The average Bonchev–Trinajstić information content (AvgIpc) is 2.87. The molecule has 92 valence electrons. The minimum absolute atomic E-state index is 0.259. The minimum Gasteiger partial charge on any atom is -0.454 e. The van der Waals surface area contributed by atoms with Crippen LogP contribution >= 0.6 is 15.9 Å². The summed E-state index contributed by atoms with van der Waals surface area (Å²) in [7, 11) is 0. The molecule has 1 aromatic heterocycles. The second kappa shape index (κ2) is 4.86. The molecule has 0 N–H and O–H groups in total. The number of aromatic nitrogens is 1. The summed E-state index contributed by atoms with van der Waals surface area (Å²) < 4.78 is 16.3. The van der Waals surface area contributed by atoms with E-state index in [1.165, 1.54) is 0 Å². The number of ether oxygens (including phenoxy) is 3. The van der Waals surface area contributed by atoms with Crippen LogP contribution in [0.2, 0.25) is 0 Å². The fourth-order valence-electron chi connectivity index (χ4n) is 1.67. The molecule has 18 heavy (non-hydrogen) atoms. The van der Waals surface area contributed by atoms with Gasteiger partial charge in [-0.3, -0.25) is 0 Å². The molecule has 0 saturated heterocycles. The summed E-state index contributed by atoms with van der Waals surface area (Å²) in [4.78, 5) is 4.21. The largest absolute Gasteiger partial charge is 0.454 e. The van der Waals surface area contributed by atoms with Crippen LogP contribution < -0.4 is 14.2 Å². The molecular weight excluding hydrogens is 298 g/mol. The first-order chi connectivity index (χ1) is 8.86. The second-order valence-electron chi connectivity index (χ2n) is 3.72. The third kappa shape index (κ3) is 2.13. The molecule has 0 radical (unpaired) electrons. The van der Waals surface area contributed by atoms with E-state index in [4.69, 9.17) is 14.2 Å². The predicted octanol–water partition coefficient (Wildman–Crippen LogP) is 3.50. The maximum atomic E-state index is 5.75. The SMILES string of the molecule is BrCc1cccnc1Oc1ccc2c(c1)OCO2. The van der Waals surface area contributed by atoms with Crippen LogP contribution in [0.4, 0.5) is 0 Å². The Bertz CT molecular complexity index is 574. The number of hydrogen-bond donors (Lipinski definition) is 0. The third-order valence-electron chi connectivity index (χ3n) is 2.55. The van der Waals surface area contributed by atoms with E-state index in [0.717, 1.165) is 11.3 Å². The molecule has 1 aliphatic rings. The molecule has 0 fully saturated rings. The summed E-state index contributed by atoms with van der Waals surface area (Å²) in [5.41, 5.74) is 0.996. The highest BCUT2D eigenvalue weighted by Crippen LogP contribution is 2.36. The van der Waals surface area contributed by atoms with Crippen molar-refractivity contribution in [3.05, 3.63) is 42.1 Å². The highest BCUT2D eigenvalue weighted by atomic mass is 79.9. The maximum Gasteiger partial charge on any atom is 0.231 e. The Morgan fingerprint density at radius 2 is 2.11 bits per heavy atom. The Kier molecular flexibility index (Phi) is 3.06. The molecule has 4 nitrogen and oxygen atoms in total. The summed E-state index contributed by atoms with van der Waals surface area (Å²) in [6.07, 6.45) is 1.70. The van der Waals surface area contributed by atoms with Crippen LogP contribution in [0.15, 0.2) is 36.5 Å². The lowest BCUT2D eigenvalue weighted by Gasteiger charge is -2.08. The van der Waals surface area contributed by atoms with Crippen LogP contribution in [0.1, 0.15) is 5.56 Å². The van der Waals surface area contributed by atoms with Crippen LogP contribution in [0, 0.1) is 0 Å². The number of alkyl halides is 1. The van der Waals surface area contributed by atoms with Crippen molar-refractivity contribution in [3.63, 3.8) is 0 Å². The average molecular weight is 308 g/mol. The minimum atomic E-state index is 0.259. The van der Waals surface area contributed by atoms with Crippen LogP contribution in [0.5, 0.6) is 23.1 Å². The molecule has 0 amide bonds. The van der Waals surface area contributed by atoms with Gasteiger partial charge >= 0.3 is 0 Å². The van der Waals surface area contributed by atoms with E-state index in [1.807, 2.05) is 24.3 Å². The van der Waals surface area contributed by atoms with Crippen molar-refractivity contribution in [2.24, 2.45) is 0 Å². The van der Waals surface area contributed by atoms with Crippen molar-refractivity contribution in [2.45, 2.75) is 5.33 Å². The van der Waals surface area contributed by atoms with Crippen LogP contribution in [-0.4, -0.2) is 11.8 Å². The third-order valence-corrected chi connectivity index (χ3v) is 3.16. The summed E-state index contributed by atoms with van der Waals surface area (Å²) in [5.74, 6) is 2.71. The molecule has 2 aromatic rings. The van der Waals surface area contributed by atoms with E-state index >= 15 is 0 Å². The van der Waals surface area contributed by atoms with Gasteiger partial charge in [0.2, 0.25) is 12.7 Å². The van der Waals surface area contributed by atoms with Crippen molar-refractivity contribution in [1.82, 2.24) is 4.98 Å². The van der Waals surface area contributed by atoms with Gasteiger partial charge < -0.3 is 14.2 Å². The highest BCUT2D eigenvalue weighted by Gasteiger charge is 2.14. The van der Waals surface area contributed by atoms with Crippen LogP contribution in [-0.2, 0) is 5.33 Å². The molecule has 5 heteroatoms. The van der Waals surface area contributed by atoms with Crippen molar-refractivity contribution in [2.75, 3.05) is 6.79 Å². The molecule has 0 unspecified atom stereocenters. The Labute approximate surface area is 113 Å². The molecule has 2 heterocycles. The standard InChI is InChI=1S/C13H10BrNO3/c14-7-9-2-1-5-15-13(9)18-10-3-4-11-12(6-10)17-8-16-11/h1-6H,7-8H2. The Morgan fingerprint density at radius 1 is 1.22 bits per heavy atom. The number of hydrogen-bond acceptors (Lipinski definition) is 4. The topological polar surface area (TPSA) is 40.6 Å². The fraction of sp³-hybridized carbons (Fsp3) is 0.154. The summed E-state index contributed by atoms with van der Waals surface area (Å²) >= 11 is 3.41. The predicted molar refractivity (Wildman–Crippen MR) is 69.5 cm³/mol. The van der Waals surface area contributed by atoms with E-state index in [0.29, 0.717) is 22.7 Å². The zero-order chi connectivity index (χ0) is 12.4. The van der Waals surface area contributed by atoms with E-state index < -0.39 is 0 Å². The molecule has 1 aliphatic heterocycles. The van der Waals surface area contributed by atoms with Gasteiger partial charge in [-0.05, 0) is 18.2 Å². The van der Waals surface area contributed by atoms with Gasteiger partial charge in [0.05, 0.1) is 0 Å². The summed E-state index contributed by atoms with van der Waals surface area (Å²) in [6, 6.07) is 9.30. The molecule has 0 atom stereocenters. The van der Waals surface area contributed by atoms with Gasteiger partial charge in [-0.2, -0.15) is 0 Å². The first-order valence-electron chi connectivity index (χ1n) is 5.44. The fourth-order valence-corrected chi connectivity index (χ4v) is 2.10. The van der Waals surface area contributed by atoms with E-state index in [2.05, 4.69) is 20.9 Å². The normalized spacial score (nSPS) is 12.5. The van der Waals surface area contributed by atoms with Gasteiger partial charge in [0.1, 0.15) is 5.75 Å². The lowest BCUT2D eigenvalue weighted by Crippen LogP contribution is -1.93. The zero-order valence-corrected chi connectivity index (χ0v) is 11.0. The molecule has 0 bridgehead atoms. The summed E-state index contributed by atoms with van der Waals surface area (Å²) in [5, 5.41) is 0.695. The molecule has 0 aliphatic carbocycles. The van der Waals surface area contributed by atoms with Gasteiger partial charge in [0, 0.05) is 23.2 Å². The number of rotatable bonds is 3. The molecule has 3 rings (SSSR count). The highest BCUT2D eigenvalue weighted by molar-refractivity contribution is 9.08. The molecule has 0 saturated carbocycles. The lowest BCUT2D eigenvalue weighted by molar-refractivity contribution is 0.174. The number of halogens is 1. The van der Waals surface area contributed by atoms with Crippen molar-refractivity contribution in [1.29, 1.82) is 0 Å². The van der Waals surface area contributed by atoms with Gasteiger partial charge in [0.25, 0.3) is 0 Å². The van der Waals surface area contributed by atoms with E-state index in [1.54, 1.807) is 12.3 Å². The van der Waals surface area contributed by atoms with Gasteiger partial charge in [-0.15, -0.1) is 0 Å². The monoisotopic (exact) mass is 307 g/mol. The Balaban J connectivity index is 1.88. The maximum absolute atomic E-state index is 5.75. The van der Waals surface area contributed by atoms with Crippen molar-refractivity contribution < 1.29 is 14.2 Å². The quantitative estimate of drug-likeness (QED) is 0.814. The van der Waals surface area contributed by atoms with Crippen LogP contribution in [0.3, 0.4) is 0 Å². The number of fused-ring (bicyclic) bond motifs is 1. The zero-order valence-electron chi connectivity index (χ0n) is 9.43. The molecule has 0 spiro atoms. The smallest absolute Gasteiger partial charge is 0.231 e.